The maximum absolute atomic E-state index is 11.6. The molecule has 6 nitrogen and oxygen atoms in total. The third-order valence-electron chi connectivity index (χ3n) is 2.90. The van der Waals surface area contributed by atoms with E-state index in [4.69, 9.17) is 5.11 Å². The van der Waals surface area contributed by atoms with Crippen LogP contribution in [0.4, 0.5) is 0 Å². The van der Waals surface area contributed by atoms with E-state index in [0.29, 0.717) is 19.4 Å². The van der Waals surface area contributed by atoms with Gasteiger partial charge in [-0.05, 0) is 19.3 Å². The second-order valence-electron chi connectivity index (χ2n) is 4.63. The Morgan fingerprint density at radius 1 is 1.28 bits per heavy atom. The Morgan fingerprint density at radius 3 is 2.50 bits per heavy atom. The summed E-state index contributed by atoms with van der Waals surface area (Å²) in [4.78, 5) is 34.6. The van der Waals surface area contributed by atoms with Gasteiger partial charge in [-0.15, -0.1) is 0 Å². The summed E-state index contributed by atoms with van der Waals surface area (Å²) in [5, 5.41) is 11.3. The first-order valence-corrected chi connectivity index (χ1v) is 6.24. The number of rotatable bonds is 8. The van der Waals surface area contributed by atoms with E-state index in [1.165, 1.54) is 4.90 Å². The Hall–Kier alpha value is -1.59. The maximum atomic E-state index is 11.6. The third kappa shape index (κ3) is 5.65. The Bertz CT molecular complexity index is 326. The zero-order valence-electron chi connectivity index (χ0n) is 10.6. The normalized spacial score (nSPS) is 14.1. The second kappa shape index (κ2) is 6.98. The molecular formula is C12H20N2O4. The van der Waals surface area contributed by atoms with Crippen molar-refractivity contribution in [2.75, 3.05) is 20.1 Å². The molecule has 0 spiro atoms. The summed E-state index contributed by atoms with van der Waals surface area (Å²) < 4.78 is 0. The van der Waals surface area contributed by atoms with Gasteiger partial charge in [0.15, 0.2) is 0 Å². The summed E-state index contributed by atoms with van der Waals surface area (Å²) in [7, 11) is 1.59. The SMILES string of the molecule is CN(CCC(=O)O)C(=O)CCCNC(=O)C1CC1. The molecule has 0 radical (unpaired) electrons. The predicted octanol–water partition coefficient (Wildman–Crippen LogP) is 0.226. The smallest absolute Gasteiger partial charge is 0.305 e. The highest BCUT2D eigenvalue weighted by molar-refractivity contribution is 5.81. The lowest BCUT2D eigenvalue weighted by Crippen LogP contribution is -2.30. The molecule has 6 heteroatoms. The largest absolute Gasteiger partial charge is 0.481 e. The van der Waals surface area contributed by atoms with Crippen LogP contribution in [0.3, 0.4) is 0 Å². The highest BCUT2D eigenvalue weighted by Crippen LogP contribution is 2.28. The minimum absolute atomic E-state index is 0.0410. The standard InChI is InChI=1S/C12H20N2O4/c1-14(8-6-11(16)17)10(15)3-2-7-13-12(18)9-4-5-9/h9H,2-8H2,1H3,(H,13,18)(H,16,17). The van der Waals surface area contributed by atoms with Crippen molar-refractivity contribution in [1.82, 2.24) is 10.2 Å². The molecule has 0 aliphatic heterocycles. The van der Waals surface area contributed by atoms with E-state index in [9.17, 15) is 14.4 Å². The second-order valence-corrected chi connectivity index (χ2v) is 4.63. The van der Waals surface area contributed by atoms with Crippen LogP contribution in [0.5, 0.6) is 0 Å². The number of carbonyl (C=O) groups excluding carboxylic acids is 2. The van der Waals surface area contributed by atoms with Crippen molar-refractivity contribution in [3.63, 3.8) is 0 Å². The van der Waals surface area contributed by atoms with Gasteiger partial charge in [0.1, 0.15) is 0 Å². The summed E-state index contributed by atoms with van der Waals surface area (Å²) in [6, 6.07) is 0. The number of carboxylic acid groups (broad SMARTS) is 1. The van der Waals surface area contributed by atoms with Crippen LogP contribution in [-0.4, -0.2) is 47.9 Å². The molecule has 0 atom stereocenters. The first kappa shape index (κ1) is 14.5. The summed E-state index contributed by atoms with van der Waals surface area (Å²) in [6.07, 6.45) is 2.84. The molecule has 0 saturated heterocycles. The molecular weight excluding hydrogens is 236 g/mol. The minimum Gasteiger partial charge on any atom is -0.481 e. The first-order valence-electron chi connectivity index (χ1n) is 6.24. The molecule has 0 aromatic heterocycles. The van der Waals surface area contributed by atoms with Crippen LogP contribution in [-0.2, 0) is 14.4 Å². The Kier molecular flexibility index (Phi) is 5.61. The lowest BCUT2D eigenvalue weighted by Gasteiger charge is -2.15. The zero-order valence-corrected chi connectivity index (χ0v) is 10.6. The fourth-order valence-electron chi connectivity index (χ4n) is 1.52. The van der Waals surface area contributed by atoms with Gasteiger partial charge in [0, 0.05) is 32.5 Å². The molecule has 0 aromatic rings. The van der Waals surface area contributed by atoms with Crippen molar-refractivity contribution in [2.45, 2.75) is 32.1 Å². The van der Waals surface area contributed by atoms with Gasteiger partial charge in [0.2, 0.25) is 11.8 Å². The van der Waals surface area contributed by atoms with E-state index < -0.39 is 5.97 Å². The molecule has 1 fully saturated rings. The average Bonchev–Trinajstić information content (AvgIpc) is 3.14. The van der Waals surface area contributed by atoms with Gasteiger partial charge in [-0.1, -0.05) is 0 Å². The molecule has 0 unspecified atom stereocenters. The lowest BCUT2D eigenvalue weighted by atomic mass is 10.2. The molecule has 18 heavy (non-hydrogen) atoms. The van der Waals surface area contributed by atoms with Crippen LogP contribution in [0.15, 0.2) is 0 Å². The number of amides is 2. The molecule has 1 aliphatic rings. The van der Waals surface area contributed by atoms with Gasteiger partial charge in [0.05, 0.1) is 6.42 Å². The average molecular weight is 256 g/mol. The zero-order chi connectivity index (χ0) is 13.5. The van der Waals surface area contributed by atoms with Crippen LogP contribution in [0.1, 0.15) is 32.1 Å². The number of aliphatic carboxylic acids is 1. The number of hydrogen-bond donors (Lipinski definition) is 2. The summed E-state index contributed by atoms with van der Waals surface area (Å²) in [5.41, 5.74) is 0. The van der Waals surface area contributed by atoms with Crippen LogP contribution in [0.2, 0.25) is 0 Å². The van der Waals surface area contributed by atoms with Gasteiger partial charge < -0.3 is 15.3 Å². The van der Waals surface area contributed by atoms with Crippen molar-refractivity contribution in [2.24, 2.45) is 5.92 Å². The molecule has 2 N–H and O–H groups in total. The first-order chi connectivity index (χ1) is 8.50. The number of nitrogens with one attached hydrogen (secondary N) is 1. The minimum atomic E-state index is -0.911. The fourth-order valence-corrected chi connectivity index (χ4v) is 1.52. The highest BCUT2D eigenvalue weighted by Gasteiger charge is 2.28. The van der Waals surface area contributed by atoms with Crippen LogP contribution in [0.25, 0.3) is 0 Å². The summed E-state index contributed by atoms with van der Waals surface area (Å²) in [5.74, 6) is -0.719. The van der Waals surface area contributed by atoms with E-state index in [-0.39, 0.29) is 30.7 Å². The molecule has 1 rings (SSSR count). The molecule has 102 valence electrons. The maximum Gasteiger partial charge on any atom is 0.305 e. The molecule has 0 bridgehead atoms. The third-order valence-corrected chi connectivity index (χ3v) is 2.90. The fraction of sp³-hybridized carbons (Fsp3) is 0.750. The van der Waals surface area contributed by atoms with E-state index in [1.807, 2.05) is 0 Å². The van der Waals surface area contributed by atoms with Gasteiger partial charge >= 0.3 is 5.97 Å². The van der Waals surface area contributed by atoms with E-state index in [0.717, 1.165) is 12.8 Å². The van der Waals surface area contributed by atoms with Crippen molar-refractivity contribution < 1.29 is 19.5 Å². The van der Waals surface area contributed by atoms with E-state index in [2.05, 4.69) is 5.32 Å². The summed E-state index contributed by atoms with van der Waals surface area (Å²) in [6.45, 7) is 0.733. The van der Waals surface area contributed by atoms with Crippen LogP contribution >= 0.6 is 0 Å². The van der Waals surface area contributed by atoms with Gasteiger partial charge in [-0.25, -0.2) is 0 Å². The van der Waals surface area contributed by atoms with Crippen molar-refractivity contribution in [3.05, 3.63) is 0 Å². The monoisotopic (exact) mass is 256 g/mol. The highest BCUT2D eigenvalue weighted by atomic mass is 16.4. The molecule has 0 heterocycles. The van der Waals surface area contributed by atoms with Gasteiger partial charge in [0.25, 0.3) is 0 Å². The Morgan fingerprint density at radius 2 is 1.94 bits per heavy atom. The molecule has 2 amide bonds. The van der Waals surface area contributed by atoms with Crippen molar-refractivity contribution >= 4 is 17.8 Å². The number of carbonyl (C=O) groups is 3. The molecule has 1 saturated carbocycles. The van der Waals surface area contributed by atoms with Gasteiger partial charge in [-0.2, -0.15) is 0 Å². The number of nitrogens with zero attached hydrogens (tertiary/aromatic N) is 1. The number of carboxylic acids is 1. The molecule has 1 aliphatic carbocycles. The van der Waals surface area contributed by atoms with E-state index >= 15 is 0 Å². The van der Waals surface area contributed by atoms with Crippen LogP contribution < -0.4 is 5.32 Å². The Labute approximate surface area is 106 Å². The predicted molar refractivity (Wildman–Crippen MR) is 64.9 cm³/mol. The summed E-state index contributed by atoms with van der Waals surface area (Å²) >= 11 is 0. The Balaban J connectivity index is 2.04. The van der Waals surface area contributed by atoms with E-state index in [1.54, 1.807) is 7.05 Å². The number of hydrogen-bond acceptors (Lipinski definition) is 3. The quantitative estimate of drug-likeness (QED) is 0.608. The molecule has 0 aromatic carbocycles. The van der Waals surface area contributed by atoms with Crippen molar-refractivity contribution in [1.29, 1.82) is 0 Å². The van der Waals surface area contributed by atoms with Crippen LogP contribution in [0, 0.1) is 5.92 Å². The van der Waals surface area contributed by atoms with Crippen molar-refractivity contribution in [3.8, 4) is 0 Å². The lowest BCUT2D eigenvalue weighted by molar-refractivity contribution is -0.138. The van der Waals surface area contributed by atoms with Gasteiger partial charge in [-0.3, -0.25) is 14.4 Å². The topological polar surface area (TPSA) is 86.7 Å².